The zero-order chi connectivity index (χ0) is 18.7. The van der Waals surface area contributed by atoms with Gasteiger partial charge >= 0.3 is 0 Å². The lowest BCUT2D eigenvalue weighted by Gasteiger charge is -2.08. The second-order valence-corrected chi connectivity index (χ2v) is 7.21. The first-order valence-corrected chi connectivity index (χ1v) is 9.42. The Hall–Kier alpha value is -2.20. The normalized spacial score (nSPS) is 10.5. The largest absolute Gasteiger partial charge is 0.493 e. The van der Waals surface area contributed by atoms with E-state index in [1.165, 1.54) is 29.5 Å². The van der Waals surface area contributed by atoms with E-state index in [2.05, 4.69) is 10.3 Å². The molecule has 0 aliphatic heterocycles. The lowest BCUT2D eigenvalue weighted by molar-refractivity contribution is 0.102. The van der Waals surface area contributed by atoms with E-state index in [1.807, 2.05) is 40.1 Å². The first-order valence-electron chi connectivity index (χ1n) is 7.46. The van der Waals surface area contributed by atoms with Gasteiger partial charge in [0.25, 0.3) is 5.91 Å². The van der Waals surface area contributed by atoms with Crippen molar-refractivity contribution in [1.29, 1.82) is 0 Å². The van der Waals surface area contributed by atoms with Crippen LogP contribution in [0.3, 0.4) is 0 Å². The predicted octanol–water partition coefficient (Wildman–Crippen LogP) is 4.82. The topological polar surface area (TPSA) is 60.5 Å². The van der Waals surface area contributed by atoms with Crippen molar-refractivity contribution in [3.05, 3.63) is 56.7 Å². The molecule has 1 amide bonds. The Morgan fingerprint density at radius 2 is 1.92 bits per heavy atom. The summed E-state index contributed by atoms with van der Waals surface area (Å²) in [7, 11) is 3.14. The van der Waals surface area contributed by atoms with E-state index in [-0.39, 0.29) is 11.7 Å². The van der Waals surface area contributed by atoms with Crippen LogP contribution in [-0.2, 0) is 0 Å². The summed E-state index contributed by atoms with van der Waals surface area (Å²) < 4.78 is 24.2. The number of nitrogens with zero attached hydrogens (tertiary/aromatic N) is 1. The lowest BCUT2D eigenvalue weighted by Crippen LogP contribution is -2.13. The van der Waals surface area contributed by atoms with Gasteiger partial charge < -0.3 is 9.47 Å². The summed E-state index contributed by atoms with van der Waals surface area (Å²) >= 11 is 3.24. The number of anilines is 1. The molecule has 0 bridgehead atoms. The smallest absolute Gasteiger partial charge is 0.258 e. The Labute approximate surface area is 167 Å². The number of nitrogens with one attached hydrogen (secondary N) is 1. The van der Waals surface area contributed by atoms with Crippen LogP contribution in [0.1, 0.15) is 10.4 Å². The molecule has 8 heteroatoms. The van der Waals surface area contributed by atoms with Gasteiger partial charge in [-0.25, -0.2) is 9.37 Å². The van der Waals surface area contributed by atoms with Crippen LogP contribution in [0.5, 0.6) is 11.5 Å². The Kier molecular flexibility index (Phi) is 5.72. The molecule has 1 N–H and O–H groups in total. The molecule has 1 aromatic heterocycles. The maximum absolute atomic E-state index is 13.2. The number of carbonyl (C=O) groups excluding carboxylic acids is 1. The Morgan fingerprint density at radius 1 is 1.15 bits per heavy atom. The number of rotatable bonds is 5. The van der Waals surface area contributed by atoms with Gasteiger partial charge in [-0.3, -0.25) is 10.1 Å². The van der Waals surface area contributed by atoms with Crippen LogP contribution < -0.4 is 14.8 Å². The molecule has 0 saturated heterocycles. The SMILES string of the molecule is COc1ccc(-c2csc(NC(=O)c3ccc(F)cc3I)n2)cc1OC. The Morgan fingerprint density at radius 3 is 2.62 bits per heavy atom. The average Bonchev–Trinajstić information content (AvgIpc) is 3.09. The molecular formula is C18H14FIN2O3S. The summed E-state index contributed by atoms with van der Waals surface area (Å²) in [6, 6.07) is 9.51. The van der Waals surface area contributed by atoms with Gasteiger partial charge in [-0.1, -0.05) is 0 Å². The molecule has 0 spiro atoms. The molecule has 2 aromatic carbocycles. The molecule has 0 aliphatic rings. The number of amides is 1. The minimum atomic E-state index is -0.379. The molecular weight excluding hydrogens is 470 g/mol. The van der Waals surface area contributed by atoms with Crippen molar-refractivity contribution in [1.82, 2.24) is 4.98 Å². The molecule has 3 rings (SSSR count). The fraction of sp³-hybridized carbons (Fsp3) is 0.111. The number of aromatic nitrogens is 1. The van der Waals surface area contributed by atoms with Crippen molar-refractivity contribution in [3.63, 3.8) is 0 Å². The highest BCUT2D eigenvalue weighted by molar-refractivity contribution is 14.1. The van der Waals surface area contributed by atoms with E-state index >= 15 is 0 Å². The van der Waals surface area contributed by atoms with E-state index in [1.54, 1.807) is 20.3 Å². The maximum atomic E-state index is 13.2. The zero-order valence-corrected chi connectivity index (χ0v) is 16.9. The van der Waals surface area contributed by atoms with Crippen LogP contribution in [0.15, 0.2) is 41.8 Å². The van der Waals surface area contributed by atoms with Gasteiger partial charge in [-0.05, 0) is 59.0 Å². The zero-order valence-electron chi connectivity index (χ0n) is 13.9. The van der Waals surface area contributed by atoms with Crippen LogP contribution in [-0.4, -0.2) is 25.1 Å². The second kappa shape index (κ2) is 8.00. The molecule has 0 fully saturated rings. The molecule has 26 heavy (non-hydrogen) atoms. The van der Waals surface area contributed by atoms with Crippen LogP contribution in [0, 0.1) is 9.39 Å². The first-order chi connectivity index (χ1) is 12.5. The molecule has 1 heterocycles. The number of carbonyl (C=O) groups is 1. The minimum absolute atomic E-state index is 0.331. The number of halogens is 2. The van der Waals surface area contributed by atoms with Crippen molar-refractivity contribution in [2.24, 2.45) is 0 Å². The summed E-state index contributed by atoms with van der Waals surface area (Å²) in [6.07, 6.45) is 0. The van der Waals surface area contributed by atoms with Crippen molar-refractivity contribution >= 4 is 45.0 Å². The van der Waals surface area contributed by atoms with E-state index in [0.29, 0.717) is 31.5 Å². The highest BCUT2D eigenvalue weighted by Crippen LogP contribution is 2.33. The molecule has 0 atom stereocenters. The first kappa shape index (κ1) is 18.6. The number of ether oxygens (including phenoxy) is 2. The number of methoxy groups -OCH3 is 2. The molecule has 134 valence electrons. The fourth-order valence-electron chi connectivity index (χ4n) is 2.30. The van der Waals surface area contributed by atoms with Crippen molar-refractivity contribution in [2.45, 2.75) is 0 Å². The summed E-state index contributed by atoms with van der Waals surface area (Å²) in [6.45, 7) is 0. The Balaban J connectivity index is 1.81. The minimum Gasteiger partial charge on any atom is -0.493 e. The highest BCUT2D eigenvalue weighted by Gasteiger charge is 2.14. The average molecular weight is 484 g/mol. The summed E-state index contributed by atoms with van der Waals surface area (Å²) in [5.74, 6) is 0.522. The third-order valence-electron chi connectivity index (χ3n) is 3.58. The highest BCUT2D eigenvalue weighted by atomic mass is 127. The monoisotopic (exact) mass is 484 g/mol. The maximum Gasteiger partial charge on any atom is 0.258 e. The van der Waals surface area contributed by atoms with Gasteiger partial charge in [0.15, 0.2) is 16.6 Å². The molecule has 0 aliphatic carbocycles. The summed E-state index contributed by atoms with van der Waals surface area (Å²) in [4.78, 5) is 16.8. The lowest BCUT2D eigenvalue weighted by atomic mass is 10.1. The van der Waals surface area contributed by atoms with E-state index < -0.39 is 0 Å². The van der Waals surface area contributed by atoms with Crippen LogP contribution >= 0.6 is 33.9 Å². The van der Waals surface area contributed by atoms with Gasteiger partial charge in [0, 0.05) is 14.5 Å². The molecule has 3 aromatic rings. The fourth-order valence-corrected chi connectivity index (χ4v) is 3.73. The second-order valence-electron chi connectivity index (χ2n) is 5.19. The number of hydrogen-bond donors (Lipinski definition) is 1. The van der Waals surface area contributed by atoms with Gasteiger partial charge in [-0.2, -0.15) is 0 Å². The van der Waals surface area contributed by atoms with Gasteiger partial charge in [0.05, 0.1) is 25.5 Å². The quantitative estimate of drug-likeness (QED) is 0.528. The summed E-state index contributed by atoms with van der Waals surface area (Å²) in [5.41, 5.74) is 1.95. The number of hydrogen-bond acceptors (Lipinski definition) is 5. The standard InChI is InChI=1S/C18H14FIN2O3S/c1-24-15-6-3-10(7-16(15)25-2)14-9-26-18(21-14)22-17(23)12-5-4-11(19)8-13(12)20/h3-9H,1-2H3,(H,21,22,23). The molecule has 0 saturated carbocycles. The van der Waals surface area contributed by atoms with Gasteiger partial charge in [-0.15, -0.1) is 11.3 Å². The number of benzene rings is 2. The van der Waals surface area contributed by atoms with Crippen molar-refractivity contribution in [2.75, 3.05) is 19.5 Å². The van der Waals surface area contributed by atoms with Crippen molar-refractivity contribution in [3.8, 4) is 22.8 Å². The van der Waals surface area contributed by atoms with E-state index in [0.717, 1.165) is 5.56 Å². The summed E-state index contributed by atoms with van der Waals surface area (Å²) in [5, 5.41) is 5.04. The third-order valence-corrected chi connectivity index (χ3v) is 5.23. The van der Waals surface area contributed by atoms with E-state index in [9.17, 15) is 9.18 Å². The molecule has 0 unspecified atom stereocenters. The van der Waals surface area contributed by atoms with Crippen LogP contribution in [0.25, 0.3) is 11.3 Å². The van der Waals surface area contributed by atoms with Crippen molar-refractivity contribution < 1.29 is 18.7 Å². The number of thiazole rings is 1. The van der Waals surface area contributed by atoms with Gasteiger partial charge in [0.2, 0.25) is 0 Å². The third kappa shape index (κ3) is 3.96. The molecule has 5 nitrogen and oxygen atoms in total. The molecule has 0 radical (unpaired) electrons. The van der Waals surface area contributed by atoms with E-state index in [4.69, 9.17) is 9.47 Å². The van der Waals surface area contributed by atoms with Crippen LogP contribution in [0.4, 0.5) is 9.52 Å². The predicted molar refractivity (Wildman–Crippen MR) is 108 cm³/mol. The van der Waals surface area contributed by atoms with Crippen LogP contribution in [0.2, 0.25) is 0 Å². The van der Waals surface area contributed by atoms with Gasteiger partial charge in [0.1, 0.15) is 5.82 Å². The Bertz CT molecular complexity index is 961.